The quantitative estimate of drug-likeness (QED) is 0.0458. The van der Waals surface area contributed by atoms with Crippen molar-refractivity contribution < 1.29 is 0 Å². The van der Waals surface area contributed by atoms with Gasteiger partial charge in [0, 0.05) is 136 Å². The van der Waals surface area contributed by atoms with Gasteiger partial charge in [-0.3, -0.25) is 0 Å². The topological polar surface area (TPSA) is 25.9 Å². The maximum Gasteiger partial charge on any atom is 0.0463 e. The Morgan fingerprint density at radius 1 is 0.0548 bits per heavy atom. The van der Waals surface area contributed by atoms with Crippen LogP contribution in [0.25, 0.3) is 55.6 Å². The molecule has 0 N–H and O–H groups in total. The third-order valence-corrected chi connectivity index (χ3v) is 26.5. The number of anilines is 24. The summed E-state index contributed by atoms with van der Waals surface area (Å²) in [5.74, 6) is 0. The van der Waals surface area contributed by atoms with Crippen LogP contribution in [0.1, 0.15) is 0 Å². The first-order valence-corrected chi connectivity index (χ1v) is 49.6. The molecular weight excluding hydrogens is 1770 g/mol. The van der Waals surface area contributed by atoms with Crippen LogP contribution in [0, 0.1) is 0 Å². The molecule has 8 heteroatoms. The van der Waals surface area contributed by atoms with Crippen molar-refractivity contribution in [3.63, 3.8) is 0 Å². The highest BCUT2D eigenvalue weighted by Crippen LogP contribution is 2.48. The van der Waals surface area contributed by atoms with Gasteiger partial charge in [-0.25, -0.2) is 0 Å². The Balaban J connectivity index is 0.000000167. The van der Waals surface area contributed by atoms with E-state index < -0.39 is 0 Å². The molecule has 23 aromatic rings. The Morgan fingerprint density at radius 2 is 0.116 bits per heavy atom. The lowest BCUT2D eigenvalue weighted by Crippen LogP contribution is -2.12. The zero-order valence-electron chi connectivity index (χ0n) is 80.6. The van der Waals surface area contributed by atoms with Crippen molar-refractivity contribution in [3.05, 3.63) is 631 Å². The van der Waals surface area contributed by atoms with Crippen molar-refractivity contribution in [1.29, 1.82) is 0 Å². The Bertz CT molecular complexity index is 7900. The van der Waals surface area contributed by atoms with Crippen LogP contribution in [0.4, 0.5) is 136 Å². The molecule has 0 atom stereocenters. The van der Waals surface area contributed by atoms with Gasteiger partial charge in [-0.15, -0.1) is 0 Å². The van der Waals surface area contributed by atoms with Crippen molar-refractivity contribution in [3.8, 4) is 55.6 Å². The monoisotopic (exact) mass is 1870 g/mol. The van der Waals surface area contributed by atoms with Crippen LogP contribution >= 0.6 is 0 Å². The molecule has 23 rings (SSSR count). The summed E-state index contributed by atoms with van der Waals surface area (Å²) >= 11 is 0. The number of hydrogen-bond donors (Lipinski definition) is 0. The molecule has 0 aliphatic heterocycles. The van der Waals surface area contributed by atoms with Crippen LogP contribution in [-0.2, 0) is 0 Å². The van der Waals surface area contributed by atoms with Gasteiger partial charge < -0.3 is 39.2 Å². The molecule has 0 amide bonds. The molecule has 0 fully saturated rings. The third-order valence-electron chi connectivity index (χ3n) is 26.5. The first-order valence-electron chi connectivity index (χ1n) is 49.6. The summed E-state index contributed by atoms with van der Waals surface area (Å²) in [7, 11) is 0. The van der Waals surface area contributed by atoms with Crippen LogP contribution < -0.4 is 39.2 Å². The van der Waals surface area contributed by atoms with E-state index in [1.807, 2.05) is 0 Å². The van der Waals surface area contributed by atoms with E-state index >= 15 is 0 Å². The van der Waals surface area contributed by atoms with Crippen molar-refractivity contribution in [2.45, 2.75) is 0 Å². The molecule has 0 saturated heterocycles. The summed E-state index contributed by atoms with van der Waals surface area (Å²) in [5.41, 5.74) is 37.8. The van der Waals surface area contributed by atoms with Gasteiger partial charge in [0.1, 0.15) is 0 Å². The van der Waals surface area contributed by atoms with E-state index in [0.717, 1.165) is 159 Å². The molecule has 0 heterocycles. The van der Waals surface area contributed by atoms with Crippen molar-refractivity contribution in [2.24, 2.45) is 0 Å². The fourth-order valence-electron chi connectivity index (χ4n) is 19.3. The highest BCUT2D eigenvalue weighted by atomic mass is 15.2. The van der Waals surface area contributed by atoms with Crippen molar-refractivity contribution in [1.82, 2.24) is 0 Å². The number of hydrogen-bond acceptors (Lipinski definition) is 8. The summed E-state index contributed by atoms with van der Waals surface area (Å²) in [6.07, 6.45) is 0. The summed E-state index contributed by atoms with van der Waals surface area (Å²) in [6, 6.07) is 224. The van der Waals surface area contributed by atoms with Gasteiger partial charge >= 0.3 is 0 Å². The summed E-state index contributed by atoms with van der Waals surface area (Å²) in [4.78, 5) is 18.5. The van der Waals surface area contributed by atoms with Crippen molar-refractivity contribution >= 4 is 136 Å². The summed E-state index contributed by atoms with van der Waals surface area (Å²) in [6.45, 7) is 0. The molecule has 0 aromatic heterocycles. The van der Waals surface area contributed by atoms with Gasteiger partial charge in [-0.05, 0) is 347 Å². The second-order valence-corrected chi connectivity index (χ2v) is 35.7. The average Bonchev–Trinajstić information content (AvgIpc) is 0.824. The van der Waals surface area contributed by atoms with Gasteiger partial charge in [0.15, 0.2) is 0 Å². The second kappa shape index (κ2) is 43.9. The highest BCUT2D eigenvalue weighted by Gasteiger charge is 2.24. The Labute approximate surface area is 856 Å². The van der Waals surface area contributed by atoms with Gasteiger partial charge in [-0.1, -0.05) is 340 Å². The first-order chi connectivity index (χ1) is 72.4. The maximum atomic E-state index is 2.34. The molecule has 0 aliphatic rings. The summed E-state index contributed by atoms with van der Waals surface area (Å²) < 4.78 is 0. The molecule has 0 radical (unpaired) electrons. The first kappa shape index (κ1) is 91.5. The largest absolute Gasteiger partial charge is 0.311 e. The number of nitrogens with zero attached hydrogens (tertiary/aromatic N) is 8. The van der Waals surface area contributed by atoms with Crippen LogP contribution in [-0.4, -0.2) is 0 Å². The lowest BCUT2D eigenvalue weighted by Gasteiger charge is -2.28. The fourth-order valence-corrected chi connectivity index (χ4v) is 19.3. The van der Waals surface area contributed by atoms with E-state index in [1.165, 1.54) is 33.4 Å². The SMILES string of the molecule is c1ccc(-c2ccc(-c3ccc(N(c4ccc(-c5ccc(N(c6ccccc6)c6ccc(N(c7ccccc7)c7ccccc7)cc6)cc5)cc4)c4ccc(N(c5ccccc5)c5ccccc5)cc4)cc3)cc2)cc1.c1ccc(-c2ccc(N(c3ccc(-c4ccc(N(c5ccccc5)c5ccc(N(c6ccccc6)c6ccccc6)cc5)cc4)cc3)c3ccc(N(c4ccccc4)c4ccccc4)cc3)cc2)cc1. The van der Waals surface area contributed by atoms with Crippen LogP contribution in [0.3, 0.4) is 0 Å². The van der Waals surface area contributed by atoms with Crippen LogP contribution in [0.5, 0.6) is 0 Å². The van der Waals surface area contributed by atoms with E-state index in [1.54, 1.807) is 0 Å². The Hall–Kier alpha value is -19.5. The van der Waals surface area contributed by atoms with Gasteiger partial charge in [0.25, 0.3) is 0 Å². The second-order valence-electron chi connectivity index (χ2n) is 35.7. The minimum absolute atomic E-state index is 1.06. The van der Waals surface area contributed by atoms with E-state index in [2.05, 4.69) is 670 Å². The van der Waals surface area contributed by atoms with E-state index in [0.29, 0.717) is 0 Å². The van der Waals surface area contributed by atoms with Gasteiger partial charge in [0.05, 0.1) is 0 Å². The fraction of sp³-hybridized carbons (Fsp3) is 0. The van der Waals surface area contributed by atoms with Gasteiger partial charge in [-0.2, -0.15) is 0 Å². The smallest absolute Gasteiger partial charge is 0.0463 e. The molecule has 0 bridgehead atoms. The third kappa shape index (κ3) is 20.7. The van der Waals surface area contributed by atoms with Crippen LogP contribution in [0.15, 0.2) is 631 Å². The number of rotatable bonds is 29. The molecule has 8 nitrogen and oxygen atoms in total. The zero-order chi connectivity index (χ0) is 97.8. The molecular formula is C138H104N8. The van der Waals surface area contributed by atoms with E-state index in [4.69, 9.17) is 0 Å². The summed E-state index contributed by atoms with van der Waals surface area (Å²) in [5, 5.41) is 0. The number of para-hydroxylation sites is 10. The predicted molar refractivity (Wildman–Crippen MR) is 618 cm³/mol. The lowest BCUT2D eigenvalue weighted by molar-refractivity contribution is 1.25. The molecule has 146 heavy (non-hydrogen) atoms. The molecule has 0 aliphatic carbocycles. The Kier molecular flexibility index (Phi) is 27.5. The average molecular weight is 1870 g/mol. The molecule has 696 valence electrons. The number of benzene rings is 23. The van der Waals surface area contributed by atoms with Gasteiger partial charge in [0.2, 0.25) is 0 Å². The maximum absolute atomic E-state index is 2.34. The molecule has 0 saturated carbocycles. The minimum atomic E-state index is 1.06. The zero-order valence-corrected chi connectivity index (χ0v) is 80.6. The lowest BCUT2D eigenvalue weighted by atomic mass is 10.00. The highest BCUT2D eigenvalue weighted by molar-refractivity contribution is 5.90. The predicted octanol–water partition coefficient (Wildman–Crippen LogP) is 39.5. The molecule has 0 unspecified atom stereocenters. The van der Waals surface area contributed by atoms with Crippen LogP contribution in [0.2, 0.25) is 0 Å². The van der Waals surface area contributed by atoms with E-state index in [9.17, 15) is 0 Å². The Morgan fingerprint density at radius 3 is 0.212 bits per heavy atom. The molecule has 0 spiro atoms. The van der Waals surface area contributed by atoms with Crippen molar-refractivity contribution in [2.75, 3.05) is 39.2 Å². The minimum Gasteiger partial charge on any atom is -0.311 e. The standard InChI is InChI=1S/C72H54N4.C66H50N4/c1-7-19-55(20-8-1)56-31-33-57(34-32-56)58-35-43-67(44-36-58)76(72-53-49-70(50-54-72)74(63-25-13-4-14-26-63)64-27-15-5-16-28-64)68-45-39-60(40-46-68)59-37-41-66(42-38-59)75(65-29-17-6-18-30-65)71-51-47-69(48-52-71)73(61-21-9-2-10-22-61)62-23-11-3-12-24-62;1-7-19-51(20-8-1)52-31-37-61(38-32-52)70(66-49-45-64(46-50-66)68(57-25-13-4-14-26-57)58-27-15-5-16-28-58)62-41-35-54(36-42-62)53-33-39-60(40-34-53)69(59-29-17-6-18-30-59)65-47-43-63(44-48-65)67(55-21-9-2-10-22-55)56-23-11-3-12-24-56/h1-54H;1-50H. The molecule has 23 aromatic carbocycles. The van der Waals surface area contributed by atoms with E-state index in [-0.39, 0.29) is 0 Å². The normalized spacial score (nSPS) is 10.9.